The Hall–Kier alpha value is -3.28. The lowest BCUT2D eigenvalue weighted by atomic mass is 10.0. The molecular formula is C21H21N3O3. The highest BCUT2D eigenvalue weighted by atomic mass is 16.3. The van der Waals surface area contributed by atoms with Gasteiger partial charge in [0.25, 0.3) is 5.91 Å². The molecule has 1 aliphatic carbocycles. The minimum Gasteiger partial charge on any atom is -0.468 e. The molecule has 1 N–H and O–H groups in total. The topological polar surface area (TPSA) is 84.6 Å². The van der Waals surface area contributed by atoms with E-state index in [1.807, 2.05) is 0 Å². The van der Waals surface area contributed by atoms with Crippen LogP contribution in [0.2, 0.25) is 0 Å². The molecule has 0 radical (unpaired) electrons. The van der Waals surface area contributed by atoms with Crippen LogP contribution in [0.15, 0.2) is 75.0 Å². The summed E-state index contributed by atoms with van der Waals surface area (Å²) in [6.45, 7) is 0. The second kappa shape index (κ2) is 9.43. The van der Waals surface area contributed by atoms with Crippen molar-refractivity contribution in [3.8, 4) is 0 Å². The molecule has 0 atom stereocenters. The van der Waals surface area contributed by atoms with Gasteiger partial charge in [0.2, 0.25) is 0 Å². The van der Waals surface area contributed by atoms with Gasteiger partial charge in [-0.15, -0.1) is 0 Å². The van der Waals surface area contributed by atoms with Gasteiger partial charge >= 0.3 is 0 Å². The molecule has 2 aromatic rings. The fraction of sp³-hybridized carbons (Fsp3) is 0.238. The molecule has 0 aromatic carbocycles. The number of carbonyl (C=O) groups excluding carboxylic acids is 1. The van der Waals surface area contributed by atoms with Crippen LogP contribution in [0.3, 0.4) is 0 Å². The summed E-state index contributed by atoms with van der Waals surface area (Å²) in [5.41, 5.74) is 4.28. The Labute approximate surface area is 157 Å². The number of hydrogen-bond acceptors (Lipinski definition) is 5. The van der Waals surface area contributed by atoms with E-state index in [4.69, 9.17) is 4.42 Å². The quantitative estimate of drug-likeness (QED) is 0.603. The van der Waals surface area contributed by atoms with Crippen molar-refractivity contribution in [1.29, 1.82) is 0 Å². The van der Waals surface area contributed by atoms with E-state index in [1.165, 1.54) is 30.3 Å². The molecule has 0 unspecified atom stereocenters. The summed E-state index contributed by atoms with van der Waals surface area (Å²) in [6, 6.07) is 4.65. The van der Waals surface area contributed by atoms with Crippen molar-refractivity contribution in [3.63, 3.8) is 0 Å². The first-order valence-corrected chi connectivity index (χ1v) is 8.94. The minimum atomic E-state index is -0.391. The highest BCUT2D eigenvalue weighted by Crippen LogP contribution is 2.17. The minimum absolute atomic E-state index is 0.188. The molecule has 0 saturated heterocycles. The molecular weight excluding hydrogens is 342 g/mol. The van der Waals surface area contributed by atoms with Gasteiger partial charge in [-0.3, -0.25) is 14.6 Å². The first kappa shape index (κ1) is 18.5. The molecule has 0 aliphatic heterocycles. The zero-order valence-corrected chi connectivity index (χ0v) is 14.9. The molecule has 2 heterocycles. The summed E-state index contributed by atoms with van der Waals surface area (Å²) in [5.74, 6) is 0.180. The second-order valence-corrected chi connectivity index (χ2v) is 6.17. The van der Waals surface area contributed by atoms with E-state index in [0.29, 0.717) is 23.3 Å². The number of nitrogens with one attached hydrogen (secondary N) is 1. The van der Waals surface area contributed by atoms with Gasteiger partial charge in [0, 0.05) is 24.9 Å². The zero-order chi connectivity index (χ0) is 18.9. The number of hydrazone groups is 1. The van der Waals surface area contributed by atoms with Crippen molar-refractivity contribution in [2.75, 3.05) is 0 Å². The van der Waals surface area contributed by atoms with E-state index >= 15 is 0 Å². The summed E-state index contributed by atoms with van der Waals surface area (Å²) in [7, 11) is 0. The van der Waals surface area contributed by atoms with Crippen LogP contribution in [-0.4, -0.2) is 17.1 Å². The van der Waals surface area contributed by atoms with Gasteiger partial charge in [0.15, 0.2) is 5.43 Å². The van der Waals surface area contributed by atoms with Crippen LogP contribution in [0.5, 0.6) is 0 Å². The molecule has 0 spiro atoms. The number of aromatic nitrogens is 1. The molecule has 27 heavy (non-hydrogen) atoms. The molecule has 6 nitrogen and oxygen atoms in total. The first-order valence-electron chi connectivity index (χ1n) is 8.94. The van der Waals surface area contributed by atoms with E-state index in [2.05, 4.69) is 33.7 Å². The van der Waals surface area contributed by atoms with E-state index in [0.717, 1.165) is 25.7 Å². The third kappa shape index (κ3) is 5.34. The van der Waals surface area contributed by atoms with Gasteiger partial charge in [-0.05, 0) is 37.8 Å². The van der Waals surface area contributed by atoms with Crippen LogP contribution in [0, 0.1) is 0 Å². The number of amides is 1. The maximum Gasteiger partial charge on any atom is 0.272 e. The molecule has 138 valence electrons. The van der Waals surface area contributed by atoms with Crippen LogP contribution in [0.1, 0.15) is 47.4 Å². The van der Waals surface area contributed by atoms with Gasteiger partial charge in [0.1, 0.15) is 5.76 Å². The largest absolute Gasteiger partial charge is 0.468 e. The fourth-order valence-electron chi connectivity index (χ4n) is 2.82. The molecule has 1 amide bonds. The molecule has 6 heteroatoms. The smallest absolute Gasteiger partial charge is 0.272 e. The summed E-state index contributed by atoms with van der Waals surface area (Å²) in [6.07, 6.45) is 17.0. The highest BCUT2D eigenvalue weighted by molar-refractivity contribution is 5.94. The van der Waals surface area contributed by atoms with Crippen LogP contribution in [0.4, 0.5) is 0 Å². The maximum absolute atomic E-state index is 12.2. The number of carbonyl (C=O) groups is 1. The predicted octanol–water partition coefficient (Wildman–Crippen LogP) is 3.40. The predicted molar refractivity (Wildman–Crippen MR) is 104 cm³/mol. The van der Waals surface area contributed by atoms with E-state index in [1.54, 1.807) is 18.3 Å². The molecule has 1 aliphatic rings. The van der Waals surface area contributed by atoms with Gasteiger partial charge < -0.3 is 4.42 Å². The molecule has 3 rings (SSSR count). The van der Waals surface area contributed by atoms with Crippen LogP contribution in [0.25, 0.3) is 0 Å². The third-order valence-electron chi connectivity index (χ3n) is 4.22. The van der Waals surface area contributed by atoms with Crippen LogP contribution >= 0.6 is 0 Å². The van der Waals surface area contributed by atoms with Crippen LogP contribution in [-0.2, 0) is 6.42 Å². The third-order valence-corrected chi connectivity index (χ3v) is 4.22. The Kier molecular flexibility index (Phi) is 6.46. The maximum atomic E-state index is 12.2. The first-order chi connectivity index (χ1) is 13.2. The Bertz CT molecular complexity index is 927. The number of allylic oxidation sites excluding steroid dienone is 4. The number of pyridine rings is 1. The fourth-order valence-corrected chi connectivity index (χ4v) is 2.82. The monoisotopic (exact) mass is 363 g/mol. The lowest BCUT2D eigenvalue weighted by molar-refractivity contribution is 0.0954. The standard InChI is InChI=1S/C21H21N3O3/c25-19-11-13-27-20(10-4-8-16-6-2-1-3-7-16)18(19)15-23-24-21(26)17-9-5-12-22-14-17/h2,5-7,9,11-15H,1,3-4,8,10H2,(H,24,26). The average molecular weight is 363 g/mol. The molecule has 0 bridgehead atoms. The summed E-state index contributed by atoms with van der Waals surface area (Å²) in [5, 5.41) is 3.90. The zero-order valence-electron chi connectivity index (χ0n) is 14.9. The second-order valence-electron chi connectivity index (χ2n) is 6.17. The molecule has 0 fully saturated rings. The lowest BCUT2D eigenvalue weighted by Crippen LogP contribution is -2.19. The summed E-state index contributed by atoms with van der Waals surface area (Å²) < 4.78 is 5.52. The number of aryl methyl sites for hydroxylation is 1. The Morgan fingerprint density at radius 2 is 2.22 bits per heavy atom. The van der Waals surface area contributed by atoms with Crippen molar-refractivity contribution in [2.24, 2.45) is 5.10 Å². The summed E-state index contributed by atoms with van der Waals surface area (Å²) in [4.78, 5) is 28.0. The van der Waals surface area contributed by atoms with E-state index in [-0.39, 0.29) is 5.43 Å². The molecule has 2 aromatic heterocycles. The van der Waals surface area contributed by atoms with Gasteiger partial charge in [-0.2, -0.15) is 5.10 Å². The van der Waals surface area contributed by atoms with Crippen molar-refractivity contribution in [2.45, 2.75) is 32.1 Å². The van der Waals surface area contributed by atoms with Crippen molar-refractivity contribution in [3.05, 3.63) is 87.8 Å². The van der Waals surface area contributed by atoms with Crippen molar-refractivity contribution >= 4 is 12.1 Å². The highest BCUT2D eigenvalue weighted by Gasteiger charge is 2.09. The number of rotatable bonds is 7. The Balaban J connectivity index is 1.62. The SMILES string of the molecule is O=C(NN=Cc1c(CCCC2=CCCC=C2)occc1=O)c1cccnc1. The Morgan fingerprint density at radius 3 is 3.00 bits per heavy atom. The number of nitrogens with zero attached hydrogens (tertiary/aromatic N) is 2. The number of hydrogen-bond donors (Lipinski definition) is 1. The van der Waals surface area contributed by atoms with Gasteiger partial charge in [-0.1, -0.05) is 23.8 Å². The molecule has 0 saturated carbocycles. The Morgan fingerprint density at radius 1 is 1.30 bits per heavy atom. The lowest BCUT2D eigenvalue weighted by Gasteiger charge is -2.07. The van der Waals surface area contributed by atoms with E-state index in [9.17, 15) is 9.59 Å². The van der Waals surface area contributed by atoms with Gasteiger partial charge in [-0.25, -0.2) is 5.43 Å². The van der Waals surface area contributed by atoms with Crippen LogP contribution < -0.4 is 10.9 Å². The van der Waals surface area contributed by atoms with Crippen molar-refractivity contribution in [1.82, 2.24) is 10.4 Å². The van der Waals surface area contributed by atoms with Crippen molar-refractivity contribution < 1.29 is 9.21 Å². The van der Waals surface area contributed by atoms with E-state index < -0.39 is 5.91 Å². The normalized spacial score (nSPS) is 13.6. The summed E-state index contributed by atoms with van der Waals surface area (Å²) >= 11 is 0. The average Bonchev–Trinajstić information content (AvgIpc) is 2.71. The van der Waals surface area contributed by atoms with Gasteiger partial charge in [0.05, 0.1) is 23.6 Å².